The number of benzene rings is 1. The van der Waals surface area contributed by atoms with Gasteiger partial charge in [-0.05, 0) is 62.8 Å². The predicted octanol–water partition coefficient (Wildman–Crippen LogP) is 3.05. The first-order chi connectivity index (χ1) is 9.15. The number of hydrogen-bond donors (Lipinski definition) is 1. The van der Waals surface area contributed by atoms with E-state index >= 15 is 0 Å². The number of piperidine rings is 1. The summed E-state index contributed by atoms with van der Waals surface area (Å²) in [6.45, 7) is 10.5. The Morgan fingerprint density at radius 3 is 2.79 bits per heavy atom. The summed E-state index contributed by atoms with van der Waals surface area (Å²) in [6.07, 6.45) is 2.76. The fourth-order valence-corrected chi connectivity index (χ4v) is 3.63. The van der Waals surface area contributed by atoms with E-state index in [1.54, 1.807) is 0 Å². The molecule has 3 atom stereocenters. The molecule has 1 aromatic carbocycles. The third kappa shape index (κ3) is 2.56. The van der Waals surface area contributed by atoms with Gasteiger partial charge in [0, 0.05) is 25.2 Å². The summed E-state index contributed by atoms with van der Waals surface area (Å²) < 4.78 is 0. The molecule has 0 aromatic heterocycles. The van der Waals surface area contributed by atoms with Gasteiger partial charge in [0.15, 0.2) is 0 Å². The van der Waals surface area contributed by atoms with Gasteiger partial charge in [-0.3, -0.25) is 4.90 Å². The highest BCUT2D eigenvalue weighted by molar-refractivity contribution is 5.31. The third-order valence-corrected chi connectivity index (χ3v) is 5.19. The van der Waals surface area contributed by atoms with Crippen molar-refractivity contribution in [3.8, 4) is 0 Å². The largest absolute Gasteiger partial charge is 0.312 e. The van der Waals surface area contributed by atoms with E-state index in [1.807, 2.05) is 0 Å². The third-order valence-electron chi connectivity index (χ3n) is 5.19. The average Bonchev–Trinajstić information content (AvgIpc) is 2.85. The van der Waals surface area contributed by atoms with E-state index in [9.17, 15) is 0 Å². The van der Waals surface area contributed by atoms with Crippen LogP contribution in [0.4, 0.5) is 0 Å². The number of aryl methyl sites for hydroxylation is 2. The maximum absolute atomic E-state index is 3.70. The van der Waals surface area contributed by atoms with Crippen molar-refractivity contribution in [2.75, 3.05) is 19.6 Å². The number of nitrogens with one attached hydrogen (secondary N) is 1. The van der Waals surface area contributed by atoms with E-state index in [0.29, 0.717) is 6.04 Å². The van der Waals surface area contributed by atoms with Crippen LogP contribution in [-0.4, -0.2) is 30.6 Å². The Morgan fingerprint density at radius 2 is 2.05 bits per heavy atom. The number of fused-ring (bicyclic) bond motifs is 1. The predicted molar refractivity (Wildman–Crippen MR) is 80.4 cm³/mol. The van der Waals surface area contributed by atoms with E-state index in [4.69, 9.17) is 0 Å². The molecule has 2 aliphatic heterocycles. The topological polar surface area (TPSA) is 15.3 Å². The van der Waals surface area contributed by atoms with Crippen LogP contribution < -0.4 is 5.32 Å². The summed E-state index contributed by atoms with van der Waals surface area (Å²) >= 11 is 0. The van der Waals surface area contributed by atoms with E-state index in [-0.39, 0.29) is 0 Å². The lowest BCUT2D eigenvalue weighted by Crippen LogP contribution is -2.40. The molecule has 2 saturated heterocycles. The summed E-state index contributed by atoms with van der Waals surface area (Å²) in [5, 5.41) is 3.70. The van der Waals surface area contributed by atoms with E-state index in [2.05, 4.69) is 49.2 Å². The Balaban J connectivity index is 1.73. The lowest BCUT2D eigenvalue weighted by molar-refractivity contribution is 0.251. The van der Waals surface area contributed by atoms with Gasteiger partial charge in [-0.2, -0.15) is 0 Å². The van der Waals surface area contributed by atoms with Crippen LogP contribution in [0.5, 0.6) is 0 Å². The fraction of sp³-hybridized carbons (Fsp3) is 0.647. The lowest BCUT2D eigenvalue weighted by Gasteiger charge is -2.25. The Labute approximate surface area is 117 Å². The highest BCUT2D eigenvalue weighted by Gasteiger charge is 2.36. The van der Waals surface area contributed by atoms with Gasteiger partial charge >= 0.3 is 0 Å². The highest BCUT2D eigenvalue weighted by atomic mass is 15.2. The number of hydrogen-bond acceptors (Lipinski definition) is 2. The second kappa shape index (κ2) is 5.26. The van der Waals surface area contributed by atoms with Crippen molar-refractivity contribution in [1.29, 1.82) is 0 Å². The zero-order valence-corrected chi connectivity index (χ0v) is 12.4. The normalized spacial score (nSPS) is 29.2. The molecule has 0 amide bonds. The molecule has 2 heteroatoms. The first-order valence-electron chi connectivity index (χ1n) is 7.70. The van der Waals surface area contributed by atoms with Crippen LogP contribution in [-0.2, 0) is 0 Å². The molecular weight excluding hydrogens is 232 g/mol. The Morgan fingerprint density at radius 1 is 1.21 bits per heavy atom. The lowest BCUT2D eigenvalue weighted by atomic mass is 9.94. The minimum atomic E-state index is 0.548. The van der Waals surface area contributed by atoms with E-state index < -0.39 is 0 Å². The van der Waals surface area contributed by atoms with Crippen molar-refractivity contribution < 1.29 is 0 Å². The van der Waals surface area contributed by atoms with Crippen LogP contribution in [0, 0.1) is 19.8 Å². The Kier molecular flexibility index (Phi) is 3.64. The number of rotatable bonds is 2. The van der Waals surface area contributed by atoms with Crippen molar-refractivity contribution >= 4 is 0 Å². The van der Waals surface area contributed by atoms with E-state index in [1.165, 1.54) is 49.2 Å². The first-order valence-corrected chi connectivity index (χ1v) is 7.70. The van der Waals surface area contributed by atoms with Gasteiger partial charge in [0.2, 0.25) is 0 Å². The van der Waals surface area contributed by atoms with Gasteiger partial charge < -0.3 is 5.32 Å². The quantitative estimate of drug-likeness (QED) is 0.877. The van der Waals surface area contributed by atoms with Gasteiger partial charge in [0.1, 0.15) is 0 Å². The summed E-state index contributed by atoms with van der Waals surface area (Å²) in [4.78, 5) is 2.66. The molecule has 3 rings (SSSR count). The van der Waals surface area contributed by atoms with Crippen molar-refractivity contribution in [2.45, 2.75) is 45.7 Å². The molecule has 104 valence electrons. The molecule has 2 heterocycles. The van der Waals surface area contributed by atoms with Crippen LogP contribution >= 0.6 is 0 Å². The first kappa shape index (κ1) is 13.1. The molecule has 1 aromatic rings. The van der Waals surface area contributed by atoms with Gasteiger partial charge in [0.25, 0.3) is 0 Å². The molecule has 0 spiro atoms. The van der Waals surface area contributed by atoms with Crippen LogP contribution in [0.2, 0.25) is 0 Å². The second-order valence-corrected chi connectivity index (χ2v) is 6.44. The molecule has 0 saturated carbocycles. The van der Waals surface area contributed by atoms with Crippen LogP contribution in [0.3, 0.4) is 0 Å². The highest BCUT2D eigenvalue weighted by Crippen LogP contribution is 2.31. The number of nitrogens with zero attached hydrogens (tertiary/aromatic N) is 1. The molecule has 0 bridgehead atoms. The SMILES string of the molecule is Cc1ccc(C(C)N2CC3CCCNC3C2)cc1C. The minimum Gasteiger partial charge on any atom is -0.312 e. The van der Waals surface area contributed by atoms with Gasteiger partial charge in [-0.25, -0.2) is 0 Å². The minimum absolute atomic E-state index is 0.548. The summed E-state index contributed by atoms with van der Waals surface area (Å²) in [7, 11) is 0. The molecule has 0 radical (unpaired) electrons. The molecule has 2 nitrogen and oxygen atoms in total. The van der Waals surface area contributed by atoms with Crippen molar-refractivity contribution in [3.63, 3.8) is 0 Å². The molecule has 2 fully saturated rings. The average molecular weight is 258 g/mol. The molecule has 3 unspecified atom stereocenters. The monoisotopic (exact) mass is 258 g/mol. The van der Waals surface area contributed by atoms with Gasteiger partial charge in [-0.15, -0.1) is 0 Å². The van der Waals surface area contributed by atoms with Crippen molar-refractivity contribution in [3.05, 3.63) is 34.9 Å². The Hall–Kier alpha value is -0.860. The van der Waals surface area contributed by atoms with Crippen molar-refractivity contribution in [1.82, 2.24) is 10.2 Å². The van der Waals surface area contributed by atoms with Gasteiger partial charge in [-0.1, -0.05) is 18.2 Å². The molecule has 2 aliphatic rings. The smallest absolute Gasteiger partial charge is 0.0320 e. The summed E-state index contributed by atoms with van der Waals surface area (Å²) in [5.74, 6) is 0.878. The molecule has 0 aliphatic carbocycles. The zero-order valence-electron chi connectivity index (χ0n) is 12.4. The molecule has 19 heavy (non-hydrogen) atoms. The maximum atomic E-state index is 3.70. The van der Waals surface area contributed by atoms with Crippen LogP contribution in [0.25, 0.3) is 0 Å². The van der Waals surface area contributed by atoms with Crippen LogP contribution in [0.1, 0.15) is 42.5 Å². The van der Waals surface area contributed by atoms with E-state index in [0.717, 1.165) is 12.0 Å². The zero-order chi connectivity index (χ0) is 13.4. The standard InChI is InChI=1S/C17H26N2/c1-12-6-7-15(9-13(12)2)14(3)19-10-16-5-4-8-18-17(16)11-19/h6-7,9,14,16-18H,4-5,8,10-11H2,1-3H3. The second-order valence-electron chi connectivity index (χ2n) is 6.44. The fourth-order valence-electron chi connectivity index (χ4n) is 3.63. The Bertz CT molecular complexity index is 441. The van der Waals surface area contributed by atoms with Gasteiger partial charge in [0.05, 0.1) is 0 Å². The summed E-state index contributed by atoms with van der Waals surface area (Å²) in [6, 6.07) is 8.23. The molecule has 1 N–H and O–H groups in total. The maximum Gasteiger partial charge on any atom is 0.0320 e. The summed E-state index contributed by atoms with van der Waals surface area (Å²) in [5.41, 5.74) is 4.29. The van der Waals surface area contributed by atoms with Crippen LogP contribution in [0.15, 0.2) is 18.2 Å². The number of likely N-dealkylation sites (tertiary alicyclic amines) is 1. The molecular formula is C17H26N2. The van der Waals surface area contributed by atoms with Crippen molar-refractivity contribution in [2.24, 2.45) is 5.92 Å².